The molecule has 34 heavy (non-hydrogen) atoms. The predicted molar refractivity (Wildman–Crippen MR) is 135 cm³/mol. The Morgan fingerprint density at radius 2 is 1.65 bits per heavy atom. The van der Waals surface area contributed by atoms with Crippen LogP contribution in [-0.4, -0.2) is 23.0 Å². The minimum Gasteiger partial charge on any atom is -0.497 e. The summed E-state index contributed by atoms with van der Waals surface area (Å²) in [6.45, 7) is 0. The maximum atomic E-state index is 13.9. The Kier molecular flexibility index (Phi) is 4.81. The lowest BCUT2D eigenvalue weighted by Gasteiger charge is -2.38. The van der Waals surface area contributed by atoms with Gasteiger partial charge in [0.25, 0.3) is 5.91 Å². The zero-order valence-electron chi connectivity index (χ0n) is 18.2. The second-order valence-electron chi connectivity index (χ2n) is 8.06. The lowest BCUT2D eigenvalue weighted by molar-refractivity contribution is 0.0974. The van der Waals surface area contributed by atoms with Crippen LogP contribution in [0.5, 0.6) is 5.75 Å². The number of carbonyl (C=O) groups excluding carboxylic acids is 1. The van der Waals surface area contributed by atoms with Crippen LogP contribution in [0.3, 0.4) is 0 Å². The molecule has 0 saturated heterocycles. The maximum Gasteiger partial charge on any atom is 0.264 e. The maximum absolute atomic E-state index is 13.9. The molecule has 3 heterocycles. The third-order valence-corrected chi connectivity index (χ3v) is 6.34. The van der Waals surface area contributed by atoms with Crippen LogP contribution in [0.2, 0.25) is 5.15 Å². The number of para-hydroxylation sites is 2. The molecule has 0 aliphatic carbocycles. The Labute approximate surface area is 200 Å². The first kappa shape index (κ1) is 20.4. The second kappa shape index (κ2) is 8.01. The number of halogens is 1. The molecule has 5 aromatic rings. The fraction of sp³-hybridized carbons (Fsp3) is 0.0741. The van der Waals surface area contributed by atoms with Crippen LogP contribution in [0, 0.1) is 0 Å². The van der Waals surface area contributed by atoms with Gasteiger partial charge in [-0.25, -0.2) is 9.97 Å². The number of benzene rings is 3. The van der Waals surface area contributed by atoms with Gasteiger partial charge in [0.2, 0.25) is 0 Å². The molecule has 1 amide bonds. The number of pyridine rings is 2. The summed E-state index contributed by atoms with van der Waals surface area (Å²) in [5.74, 6) is 1.07. The molecule has 1 aliphatic rings. The van der Waals surface area contributed by atoms with Gasteiger partial charge in [-0.15, -0.1) is 0 Å². The number of anilines is 2. The van der Waals surface area contributed by atoms with E-state index in [1.54, 1.807) is 12.0 Å². The minimum absolute atomic E-state index is 0.162. The number of methoxy groups -OCH3 is 1. The van der Waals surface area contributed by atoms with Gasteiger partial charge < -0.3 is 10.1 Å². The minimum atomic E-state index is -0.605. The van der Waals surface area contributed by atoms with Crippen LogP contribution in [0.25, 0.3) is 21.8 Å². The van der Waals surface area contributed by atoms with E-state index in [1.165, 1.54) is 0 Å². The van der Waals surface area contributed by atoms with Crippen LogP contribution >= 0.6 is 11.6 Å². The van der Waals surface area contributed by atoms with Crippen molar-refractivity contribution in [1.29, 1.82) is 0 Å². The Morgan fingerprint density at radius 3 is 2.47 bits per heavy atom. The van der Waals surface area contributed by atoms with E-state index in [0.29, 0.717) is 27.8 Å². The molecular formula is C27H19ClN4O2. The summed E-state index contributed by atoms with van der Waals surface area (Å²) >= 11 is 6.69. The highest BCUT2D eigenvalue weighted by Gasteiger charge is 2.36. The molecule has 1 aliphatic heterocycles. The van der Waals surface area contributed by atoms with E-state index < -0.39 is 6.17 Å². The van der Waals surface area contributed by atoms with Gasteiger partial charge in [-0.1, -0.05) is 48.0 Å². The van der Waals surface area contributed by atoms with Crippen LogP contribution in [-0.2, 0) is 0 Å². The van der Waals surface area contributed by atoms with Gasteiger partial charge in [0, 0.05) is 22.0 Å². The van der Waals surface area contributed by atoms with E-state index in [4.69, 9.17) is 21.3 Å². The summed E-state index contributed by atoms with van der Waals surface area (Å²) in [6.07, 6.45) is -0.605. The first-order valence-corrected chi connectivity index (χ1v) is 11.2. The van der Waals surface area contributed by atoms with Crippen molar-refractivity contribution in [3.05, 3.63) is 101 Å². The fourth-order valence-electron chi connectivity index (χ4n) is 4.37. The van der Waals surface area contributed by atoms with Crippen molar-refractivity contribution < 1.29 is 9.53 Å². The average molecular weight is 467 g/mol. The summed E-state index contributed by atoms with van der Waals surface area (Å²) in [5, 5.41) is 5.53. The van der Waals surface area contributed by atoms with Crippen molar-refractivity contribution in [2.24, 2.45) is 0 Å². The molecule has 166 valence electrons. The number of ether oxygens (including phenoxy) is 1. The van der Waals surface area contributed by atoms with E-state index in [0.717, 1.165) is 27.5 Å². The van der Waals surface area contributed by atoms with Crippen molar-refractivity contribution in [1.82, 2.24) is 9.97 Å². The Hall–Kier alpha value is -4.16. The first-order valence-electron chi connectivity index (χ1n) is 10.8. The van der Waals surface area contributed by atoms with Crippen LogP contribution in [0.4, 0.5) is 11.5 Å². The molecule has 0 fully saturated rings. The number of nitrogens with one attached hydrogen (secondary N) is 1. The van der Waals surface area contributed by atoms with Crippen molar-refractivity contribution in [3.8, 4) is 5.75 Å². The van der Waals surface area contributed by atoms with Crippen LogP contribution in [0.1, 0.15) is 22.1 Å². The van der Waals surface area contributed by atoms with Crippen LogP contribution in [0.15, 0.2) is 84.9 Å². The third kappa shape index (κ3) is 3.31. The van der Waals surface area contributed by atoms with E-state index in [9.17, 15) is 4.79 Å². The largest absolute Gasteiger partial charge is 0.497 e. The number of nitrogens with zero attached hydrogens (tertiary/aromatic N) is 3. The Bertz CT molecular complexity index is 1570. The smallest absolute Gasteiger partial charge is 0.264 e. The van der Waals surface area contributed by atoms with E-state index >= 15 is 0 Å². The normalized spacial score (nSPS) is 15.3. The van der Waals surface area contributed by atoms with Crippen molar-refractivity contribution in [2.75, 3.05) is 17.3 Å². The molecule has 1 atom stereocenters. The molecule has 2 aromatic heterocycles. The van der Waals surface area contributed by atoms with Gasteiger partial charge in [-0.05, 0) is 48.5 Å². The first-order chi connectivity index (χ1) is 16.6. The summed E-state index contributed by atoms with van der Waals surface area (Å²) < 4.78 is 5.38. The topological polar surface area (TPSA) is 67.3 Å². The molecule has 6 nitrogen and oxygen atoms in total. The number of hydrogen-bond acceptors (Lipinski definition) is 5. The van der Waals surface area contributed by atoms with Crippen molar-refractivity contribution in [2.45, 2.75) is 6.17 Å². The number of fused-ring (bicyclic) bond motifs is 3. The molecule has 6 rings (SSSR count). The lowest BCUT2D eigenvalue weighted by Crippen LogP contribution is -2.43. The highest BCUT2D eigenvalue weighted by atomic mass is 35.5. The highest BCUT2D eigenvalue weighted by Crippen LogP contribution is 2.39. The Balaban J connectivity index is 1.57. The molecule has 0 unspecified atom stereocenters. The number of amides is 1. The van der Waals surface area contributed by atoms with E-state index in [2.05, 4.69) is 10.3 Å². The van der Waals surface area contributed by atoms with E-state index in [-0.39, 0.29) is 5.91 Å². The number of hydrogen-bond donors (Lipinski definition) is 1. The highest BCUT2D eigenvalue weighted by molar-refractivity contribution is 6.31. The van der Waals surface area contributed by atoms with Gasteiger partial charge >= 0.3 is 0 Å². The standard InChI is InChI=1S/C27H19ClN4O2/c1-34-19-11-12-23-17(13-19)15-20(24(28)29-23)26-31-25-21(14-16-7-5-6-10-22(16)30-25)27(33)32(26)18-8-3-2-4-9-18/h2-15,26H,1H3,(H,30,31)/t26-/m0/s1. The molecule has 0 saturated carbocycles. The van der Waals surface area contributed by atoms with Crippen molar-refractivity contribution in [3.63, 3.8) is 0 Å². The summed E-state index contributed by atoms with van der Waals surface area (Å²) in [5.41, 5.74) is 3.46. The van der Waals surface area contributed by atoms with Gasteiger partial charge in [0.1, 0.15) is 22.9 Å². The predicted octanol–water partition coefficient (Wildman–Crippen LogP) is 6.22. The number of carbonyl (C=O) groups is 1. The number of rotatable bonds is 3. The summed E-state index contributed by atoms with van der Waals surface area (Å²) in [4.78, 5) is 24.9. The second-order valence-corrected chi connectivity index (χ2v) is 8.42. The third-order valence-electron chi connectivity index (χ3n) is 6.04. The zero-order chi connectivity index (χ0) is 23.2. The van der Waals surface area contributed by atoms with Gasteiger partial charge in [0.15, 0.2) is 0 Å². The molecule has 7 heteroatoms. The average Bonchev–Trinajstić information content (AvgIpc) is 2.87. The summed E-state index contributed by atoms with van der Waals surface area (Å²) in [6, 6.07) is 26.7. The Morgan fingerprint density at radius 1 is 0.882 bits per heavy atom. The van der Waals surface area contributed by atoms with Gasteiger partial charge in [-0.2, -0.15) is 0 Å². The SMILES string of the molecule is COc1ccc2nc(Cl)c([C@H]3Nc4nc5ccccc5cc4C(=O)N3c3ccccc3)cc2c1. The molecule has 3 aromatic carbocycles. The molecule has 0 radical (unpaired) electrons. The monoisotopic (exact) mass is 466 g/mol. The van der Waals surface area contributed by atoms with E-state index in [1.807, 2.05) is 84.9 Å². The lowest BCUT2D eigenvalue weighted by atomic mass is 10.0. The molecule has 1 N–H and O–H groups in total. The van der Waals surface area contributed by atoms with Crippen molar-refractivity contribution >= 4 is 50.8 Å². The molecule has 0 spiro atoms. The molecule has 0 bridgehead atoms. The number of aromatic nitrogens is 2. The van der Waals surface area contributed by atoms with Gasteiger partial charge in [0.05, 0.1) is 23.7 Å². The van der Waals surface area contributed by atoms with Gasteiger partial charge in [-0.3, -0.25) is 9.69 Å². The fourth-order valence-corrected chi connectivity index (χ4v) is 4.62. The molecular weight excluding hydrogens is 448 g/mol. The quantitative estimate of drug-likeness (QED) is 0.320. The van der Waals surface area contributed by atoms with Crippen LogP contribution < -0.4 is 15.0 Å². The zero-order valence-corrected chi connectivity index (χ0v) is 19.0. The summed E-state index contributed by atoms with van der Waals surface area (Å²) in [7, 11) is 1.62.